The lowest BCUT2D eigenvalue weighted by Gasteiger charge is -2.34. The molecule has 0 bridgehead atoms. The minimum Gasteiger partial charge on any atom is -0.468 e. The molecule has 1 unspecified atom stereocenters. The average molecular weight is 361 g/mol. The maximum atomic E-state index is 12.4. The van der Waals surface area contributed by atoms with Crippen LogP contribution in [0.2, 0.25) is 0 Å². The van der Waals surface area contributed by atoms with Crippen molar-refractivity contribution < 1.29 is 9.21 Å². The Balaban J connectivity index is 1.24. The van der Waals surface area contributed by atoms with E-state index >= 15 is 0 Å². The van der Waals surface area contributed by atoms with E-state index in [2.05, 4.69) is 20.4 Å². The van der Waals surface area contributed by atoms with Crippen LogP contribution in [0.1, 0.15) is 56.7 Å². The summed E-state index contributed by atoms with van der Waals surface area (Å²) >= 11 is 0. The quantitative estimate of drug-likeness (QED) is 0.819. The molecule has 1 aromatic rings. The molecule has 0 spiro atoms. The number of carbonyl (C=O) groups excluding carboxylic acids is 1. The van der Waals surface area contributed by atoms with Crippen LogP contribution in [0, 0.1) is 0 Å². The molecule has 2 aliphatic heterocycles. The standard InChI is InChI=1S/C20H32N4O2/c25-20(22-16-8-12-23(13-9-16)17-6-7-17)21-15-18(19-5-4-14-26-19)24-10-2-1-3-11-24/h4-5,14,16-18H,1-3,6-13,15H2,(H2,21,22,25). The van der Waals surface area contributed by atoms with Gasteiger partial charge in [0.25, 0.3) is 0 Å². The summed E-state index contributed by atoms with van der Waals surface area (Å²) in [5.74, 6) is 0.949. The van der Waals surface area contributed by atoms with E-state index in [-0.39, 0.29) is 12.1 Å². The molecule has 3 fully saturated rings. The van der Waals surface area contributed by atoms with Gasteiger partial charge in [0.1, 0.15) is 5.76 Å². The van der Waals surface area contributed by atoms with Crippen LogP contribution in [0.4, 0.5) is 4.79 Å². The van der Waals surface area contributed by atoms with E-state index in [1.165, 1.54) is 32.1 Å². The van der Waals surface area contributed by atoms with E-state index in [4.69, 9.17) is 4.42 Å². The zero-order chi connectivity index (χ0) is 17.8. The normalized spacial score (nSPS) is 24.3. The van der Waals surface area contributed by atoms with Crippen LogP contribution in [0.25, 0.3) is 0 Å². The summed E-state index contributed by atoms with van der Waals surface area (Å²) < 4.78 is 5.65. The average Bonchev–Trinajstić information content (AvgIpc) is 3.39. The fraction of sp³-hybridized carbons (Fsp3) is 0.750. The van der Waals surface area contributed by atoms with Gasteiger partial charge in [-0.1, -0.05) is 6.42 Å². The maximum Gasteiger partial charge on any atom is 0.315 e. The molecule has 0 aromatic carbocycles. The number of nitrogens with one attached hydrogen (secondary N) is 2. The maximum absolute atomic E-state index is 12.4. The minimum atomic E-state index is -0.0385. The number of piperidine rings is 2. The van der Waals surface area contributed by atoms with Gasteiger partial charge in [0, 0.05) is 31.7 Å². The summed E-state index contributed by atoms with van der Waals surface area (Å²) in [5.41, 5.74) is 0. The first-order valence-corrected chi connectivity index (χ1v) is 10.4. The van der Waals surface area contributed by atoms with E-state index in [9.17, 15) is 4.79 Å². The van der Waals surface area contributed by atoms with Crippen LogP contribution in [0.15, 0.2) is 22.8 Å². The lowest BCUT2D eigenvalue weighted by atomic mass is 10.1. The molecule has 3 heterocycles. The number of hydrogen-bond acceptors (Lipinski definition) is 4. The monoisotopic (exact) mass is 360 g/mol. The third-order valence-electron chi connectivity index (χ3n) is 6.09. The van der Waals surface area contributed by atoms with Crippen LogP contribution in [0.5, 0.6) is 0 Å². The van der Waals surface area contributed by atoms with E-state index in [0.717, 1.165) is 50.8 Å². The van der Waals surface area contributed by atoms with Crippen molar-refractivity contribution in [2.24, 2.45) is 0 Å². The summed E-state index contributed by atoms with van der Waals surface area (Å²) in [4.78, 5) is 17.4. The molecular formula is C20H32N4O2. The molecule has 144 valence electrons. The van der Waals surface area contributed by atoms with Gasteiger partial charge < -0.3 is 20.0 Å². The zero-order valence-corrected chi connectivity index (χ0v) is 15.7. The Bertz CT molecular complexity index is 558. The lowest BCUT2D eigenvalue weighted by molar-refractivity contribution is 0.142. The van der Waals surface area contributed by atoms with E-state index in [1.807, 2.05) is 12.1 Å². The molecule has 3 aliphatic rings. The van der Waals surface area contributed by atoms with E-state index < -0.39 is 0 Å². The van der Waals surface area contributed by atoms with E-state index in [1.54, 1.807) is 6.26 Å². The van der Waals surface area contributed by atoms with Crippen molar-refractivity contribution in [1.82, 2.24) is 20.4 Å². The molecule has 2 saturated heterocycles. The Kier molecular flexibility index (Phi) is 5.80. The van der Waals surface area contributed by atoms with Crippen molar-refractivity contribution in [1.29, 1.82) is 0 Å². The molecule has 0 radical (unpaired) electrons. The third-order valence-corrected chi connectivity index (χ3v) is 6.09. The van der Waals surface area contributed by atoms with Crippen LogP contribution < -0.4 is 10.6 Å². The molecule has 1 atom stereocenters. The summed E-state index contributed by atoms with van der Waals surface area (Å²) in [6.45, 7) is 5.00. The highest BCUT2D eigenvalue weighted by molar-refractivity contribution is 5.74. The van der Waals surface area contributed by atoms with Gasteiger partial charge in [-0.3, -0.25) is 4.90 Å². The number of rotatable bonds is 6. The molecule has 6 heteroatoms. The SMILES string of the molecule is O=C(NCC(c1ccco1)N1CCCCC1)NC1CCN(C2CC2)CC1. The molecule has 6 nitrogen and oxygen atoms in total. The van der Waals surface area contributed by atoms with Crippen molar-refractivity contribution in [3.63, 3.8) is 0 Å². The van der Waals surface area contributed by atoms with Gasteiger partial charge in [-0.25, -0.2) is 4.79 Å². The predicted octanol–water partition coefficient (Wildman–Crippen LogP) is 2.73. The molecule has 2 amide bonds. The number of amides is 2. The van der Waals surface area contributed by atoms with Crippen molar-refractivity contribution in [3.05, 3.63) is 24.2 Å². The van der Waals surface area contributed by atoms with Gasteiger partial charge in [-0.05, 0) is 63.7 Å². The molecular weight excluding hydrogens is 328 g/mol. The number of furan rings is 1. The predicted molar refractivity (Wildman–Crippen MR) is 101 cm³/mol. The number of carbonyl (C=O) groups is 1. The molecule has 1 aliphatic carbocycles. The van der Waals surface area contributed by atoms with Gasteiger partial charge in [0.15, 0.2) is 0 Å². The third kappa shape index (κ3) is 4.60. The van der Waals surface area contributed by atoms with Gasteiger partial charge in [0.2, 0.25) is 0 Å². The Labute approximate surface area is 156 Å². The van der Waals surface area contributed by atoms with Crippen LogP contribution in [-0.2, 0) is 0 Å². The fourth-order valence-electron chi connectivity index (χ4n) is 4.39. The summed E-state index contributed by atoms with van der Waals surface area (Å²) in [7, 11) is 0. The summed E-state index contributed by atoms with van der Waals surface area (Å²) in [6, 6.07) is 5.19. The second kappa shape index (κ2) is 8.44. The topological polar surface area (TPSA) is 60.8 Å². The second-order valence-electron chi connectivity index (χ2n) is 8.02. The van der Waals surface area contributed by atoms with Crippen molar-refractivity contribution in [3.8, 4) is 0 Å². The zero-order valence-electron chi connectivity index (χ0n) is 15.7. The molecule has 1 saturated carbocycles. The Morgan fingerprint density at radius 1 is 1.12 bits per heavy atom. The highest BCUT2D eigenvalue weighted by atomic mass is 16.3. The van der Waals surface area contributed by atoms with E-state index in [0.29, 0.717) is 12.6 Å². The summed E-state index contributed by atoms with van der Waals surface area (Å²) in [5, 5.41) is 6.27. The first-order valence-electron chi connectivity index (χ1n) is 10.4. The Morgan fingerprint density at radius 3 is 2.54 bits per heavy atom. The molecule has 26 heavy (non-hydrogen) atoms. The van der Waals surface area contributed by atoms with Gasteiger partial charge in [-0.2, -0.15) is 0 Å². The van der Waals surface area contributed by atoms with Gasteiger partial charge in [0.05, 0.1) is 12.3 Å². The van der Waals surface area contributed by atoms with Crippen molar-refractivity contribution >= 4 is 6.03 Å². The largest absolute Gasteiger partial charge is 0.468 e. The number of urea groups is 1. The minimum absolute atomic E-state index is 0.0385. The highest BCUT2D eigenvalue weighted by Crippen LogP contribution is 2.29. The summed E-state index contributed by atoms with van der Waals surface area (Å²) in [6.07, 6.45) is 10.3. The van der Waals surface area contributed by atoms with Crippen molar-refractivity contribution in [2.75, 3.05) is 32.7 Å². The fourth-order valence-corrected chi connectivity index (χ4v) is 4.39. The number of likely N-dealkylation sites (tertiary alicyclic amines) is 2. The second-order valence-corrected chi connectivity index (χ2v) is 8.02. The molecule has 4 rings (SSSR count). The number of nitrogens with zero attached hydrogens (tertiary/aromatic N) is 2. The number of hydrogen-bond donors (Lipinski definition) is 2. The molecule has 1 aromatic heterocycles. The first-order chi connectivity index (χ1) is 12.8. The Hall–Kier alpha value is -1.53. The first kappa shape index (κ1) is 17.9. The lowest BCUT2D eigenvalue weighted by Crippen LogP contribution is -2.49. The Morgan fingerprint density at radius 2 is 1.88 bits per heavy atom. The molecule has 2 N–H and O–H groups in total. The van der Waals surface area contributed by atoms with Crippen molar-refractivity contribution in [2.45, 2.75) is 63.1 Å². The van der Waals surface area contributed by atoms with Gasteiger partial charge >= 0.3 is 6.03 Å². The smallest absolute Gasteiger partial charge is 0.315 e. The van der Waals surface area contributed by atoms with Crippen LogP contribution in [-0.4, -0.2) is 60.6 Å². The van der Waals surface area contributed by atoms with Crippen LogP contribution >= 0.6 is 0 Å². The van der Waals surface area contributed by atoms with Gasteiger partial charge in [-0.15, -0.1) is 0 Å². The highest BCUT2D eigenvalue weighted by Gasteiger charge is 2.32. The van der Waals surface area contributed by atoms with Crippen LogP contribution in [0.3, 0.4) is 0 Å².